The van der Waals surface area contributed by atoms with Crippen LogP contribution in [0.3, 0.4) is 0 Å². The van der Waals surface area contributed by atoms with Crippen LogP contribution in [0.1, 0.15) is 48.5 Å². The molecule has 8 atom stereocenters. The molecule has 3 aliphatic carbocycles. The van der Waals surface area contributed by atoms with Gasteiger partial charge in [0.1, 0.15) is 17.1 Å². The first-order chi connectivity index (χ1) is 16.9. The van der Waals surface area contributed by atoms with Crippen molar-refractivity contribution in [2.75, 3.05) is 20.6 Å². The van der Waals surface area contributed by atoms with Gasteiger partial charge in [-0.3, -0.25) is 19.3 Å². The number of nitrogens with zero attached hydrogens (tertiary/aromatic N) is 1. The number of hydrogen-bond donors (Lipinski definition) is 6. The van der Waals surface area contributed by atoms with Gasteiger partial charge in [-0.05, 0) is 44.6 Å². The first-order valence-electron chi connectivity index (χ1n) is 12.3. The Hall–Kier alpha value is -2.79. The van der Waals surface area contributed by atoms with Gasteiger partial charge in [0.15, 0.2) is 11.4 Å². The Kier molecular flexibility index (Phi) is 6.76. The molecule has 0 aliphatic heterocycles. The third kappa shape index (κ3) is 3.50. The molecule has 0 bridgehead atoms. The predicted octanol–water partition coefficient (Wildman–Crippen LogP) is 0.215. The number of likely N-dealkylation sites (N-methyl/N-ethyl adjacent to an activating group) is 1. The van der Waals surface area contributed by atoms with Gasteiger partial charge in [0.25, 0.3) is 5.91 Å². The van der Waals surface area contributed by atoms with Gasteiger partial charge < -0.3 is 31.5 Å². The van der Waals surface area contributed by atoms with Gasteiger partial charge in [-0.1, -0.05) is 32.4 Å². The fourth-order valence-corrected chi connectivity index (χ4v) is 6.80. The van der Waals surface area contributed by atoms with E-state index in [4.69, 9.17) is 5.73 Å². The Morgan fingerprint density at radius 3 is 2.47 bits per heavy atom. The van der Waals surface area contributed by atoms with E-state index in [1.807, 2.05) is 13.8 Å². The molecule has 4 rings (SSSR count). The molecular formula is C26H35N3O7. The number of benzene rings is 1. The molecule has 7 N–H and O–H groups in total. The van der Waals surface area contributed by atoms with E-state index in [1.54, 1.807) is 26.2 Å². The summed E-state index contributed by atoms with van der Waals surface area (Å²) in [6.45, 7) is 4.15. The predicted molar refractivity (Wildman–Crippen MR) is 130 cm³/mol. The van der Waals surface area contributed by atoms with E-state index in [0.717, 1.165) is 6.42 Å². The molecule has 2 unspecified atom stereocenters. The molecule has 10 nitrogen and oxygen atoms in total. The van der Waals surface area contributed by atoms with Crippen LogP contribution in [0.2, 0.25) is 0 Å². The standard InChI is InChI=1S/C26H35N3O7/c1-5-6-10-28-23-16-14(11(2)12-8-7-9-13(30)15(12)20(16)31)21(32)18-19(29(3)4)22(33)17(25(27)35)24(34)26(18,23)36/h7-9,11,14,16,18-19,21,23,28,30,32-33,36H,5-6,10H2,1-4H3,(H2,27,35)/t11-,14+,16?,18+,19-,21-,23?,26-/m0/s1. The highest BCUT2D eigenvalue weighted by Gasteiger charge is 2.70. The fraction of sp³-hybridized carbons (Fsp3) is 0.577. The van der Waals surface area contributed by atoms with Gasteiger partial charge in [0.2, 0.25) is 5.78 Å². The fourth-order valence-electron chi connectivity index (χ4n) is 6.80. The number of fused-ring (bicyclic) bond motifs is 3. The van der Waals surface area contributed by atoms with Crippen molar-refractivity contribution in [2.45, 2.75) is 56.4 Å². The number of carbonyl (C=O) groups is 3. The van der Waals surface area contributed by atoms with Crippen LogP contribution in [0.15, 0.2) is 29.5 Å². The minimum atomic E-state index is -2.43. The zero-order valence-electron chi connectivity index (χ0n) is 20.9. The molecule has 0 aromatic heterocycles. The highest BCUT2D eigenvalue weighted by molar-refractivity contribution is 6.23. The average Bonchev–Trinajstić information content (AvgIpc) is 2.80. The largest absolute Gasteiger partial charge is 0.510 e. The number of carbonyl (C=O) groups excluding carboxylic acids is 3. The lowest BCUT2D eigenvalue weighted by Gasteiger charge is -2.60. The van der Waals surface area contributed by atoms with E-state index < -0.39 is 76.3 Å². The molecule has 1 saturated carbocycles. The molecule has 0 spiro atoms. The quantitative estimate of drug-likeness (QED) is 0.235. The van der Waals surface area contributed by atoms with Gasteiger partial charge >= 0.3 is 0 Å². The number of nitrogens with one attached hydrogen (secondary N) is 1. The third-order valence-corrected chi connectivity index (χ3v) is 8.37. The lowest BCUT2D eigenvalue weighted by Crippen LogP contribution is -2.78. The second-order valence-electron chi connectivity index (χ2n) is 10.5. The molecule has 1 fully saturated rings. The van der Waals surface area contributed by atoms with E-state index >= 15 is 0 Å². The number of unbranched alkanes of at least 4 members (excludes halogenated alkanes) is 1. The highest BCUT2D eigenvalue weighted by Crippen LogP contribution is 2.56. The zero-order valence-corrected chi connectivity index (χ0v) is 20.9. The van der Waals surface area contributed by atoms with Crippen LogP contribution in [-0.4, -0.2) is 87.2 Å². The summed E-state index contributed by atoms with van der Waals surface area (Å²) in [4.78, 5) is 41.5. The number of primary amides is 1. The lowest BCUT2D eigenvalue weighted by atomic mass is 9.49. The van der Waals surface area contributed by atoms with Crippen molar-refractivity contribution < 1.29 is 34.8 Å². The molecule has 1 amide bonds. The normalized spacial score (nSPS) is 35.9. The minimum Gasteiger partial charge on any atom is -0.510 e. The molecule has 1 aromatic rings. The second-order valence-corrected chi connectivity index (χ2v) is 10.5. The summed E-state index contributed by atoms with van der Waals surface area (Å²) in [5.41, 5.74) is 2.97. The number of aliphatic hydroxyl groups excluding tert-OH is 2. The van der Waals surface area contributed by atoms with Crippen LogP contribution >= 0.6 is 0 Å². The Labute approximate surface area is 209 Å². The van der Waals surface area contributed by atoms with Crippen molar-refractivity contribution in [1.82, 2.24) is 10.2 Å². The van der Waals surface area contributed by atoms with Crippen LogP contribution in [0, 0.1) is 17.8 Å². The molecule has 1 aromatic carbocycles. The molecule has 0 heterocycles. The maximum atomic E-state index is 13.9. The topological polar surface area (TPSA) is 173 Å². The number of phenolic OH excluding ortho intramolecular Hbond substituents is 1. The summed E-state index contributed by atoms with van der Waals surface area (Å²) in [5.74, 6) is -7.16. The number of amides is 1. The van der Waals surface area contributed by atoms with Crippen molar-refractivity contribution in [1.29, 1.82) is 0 Å². The number of Topliss-reactive ketones (excluding diaryl/α,β-unsaturated/α-hetero) is 2. The number of hydrogen-bond acceptors (Lipinski definition) is 9. The van der Waals surface area contributed by atoms with Crippen molar-refractivity contribution >= 4 is 17.5 Å². The highest BCUT2D eigenvalue weighted by atomic mass is 16.3. The minimum absolute atomic E-state index is 0.101. The number of rotatable bonds is 6. The zero-order chi connectivity index (χ0) is 26.7. The Bertz CT molecular complexity index is 1130. The molecular weight excluding hydrogens is 466 g/mol. The summed E-state index contributed by atoms with van der Waals surface area (Å²) < 4.78 is 0. The van der Waals surface area contributed by atoms with Gasteiger partial charge in [-0.15, -0.1) is 0 Å². The first kappa shape index (κ1) is 26.3. The molecule has 0 saturated heterocycles. The summed E-state index contributed by atoms with van der Waals surface area (Å²) >= 11 is 0. The van der Waals surface area contributed by atoms with Crippen LogP contribution in [0.4, 0.5) is 0 Å². The first-order valence-corrected chi connectivity index (χ1v) is 12.3. The smallest absolute Gasteiger partial charge is 0.255 e. The second kappa shape index (κ2) is 9.26. The summed E-state index contributed by atoms with van der Waals surface area (Å²) in [6.07, 6.45) is 0.0672. The molecule has 196 valence electrons. The monoisotopic (exact) mass is 501 g/mol. The Balaban J connectivity index is 2.00. The Morgan fingerprint density at radius 1 is 1.22 bits per heavy atom. The van der Waals surface area contributed by atoms with E-state index in [-0.39, 0.29) is 11.3 Å². The number of aromatic hydroxyl groups is 1. The Morgan fingerprint density at radius 2 is 1.89 bits per heavy atom. The third-order valence-electron chi connectivity index (χ3n) is 8.37. The number of nitrogens with two attached hydrogens (primary N) is 1. The molecule has 3 aliphatic rings. The molecule has 10 heteroatoms. The molecule has 36 heavy (non-hydrogen) atoms. The number of phenols is 1. The maximum Gasteiger partial charge on any atom is 0.255 e. The van der Waals surface area contributed by atoms with Crippen molar-refractivity contribution in [3.63, 3.8) is 0 Å². The SMILES string of the molecule is CCCCNC1C2C(=O)c3c(O)cccc3[C@H](C)[C@H]2[C@H](O)[C@H]2[C@H](N(C)C)C(O)=C(C(N)=O)C(=O)[C@@]12O. The molecule has 0 radical (unpaired) electrons. The summed E-state index contributed by atoms with van der Waals surface area (Å²) in [5, 5.41) is 48.8. The van der Waals surface area contributed by atoms with Crippen LogP contribution in [0.5, 0.6) is 5.75 Å². The van der Waals surface area contributed by atoms with Gasteiger partial charge in [-0.2, -0.15) is 0 Å². The average molecular weight is 502 g/mol. The van der Waals surface area contributed by atoms with E-state index in [1.165, 1.54) is 11.0 Å². The van der Waals surface area contributed by atoms with Gasteiger partial charge in [-0.25, -0.2) is 0 Å². The van der Waals surface area contributed by atoms with Crippen LogP contribution in [0.25, 0.3) is 0 Å². The summed E-state index contributed by atoms with van der Waals surface area (Å²) in [6, 6.07) is 2.43. The summed E-state index contributed by atoms with van der Waals surface area (Å²) in [7, 11) is 3.19. The van der Waals surface area contributed by atoms with Crippen molar-refractivity contribution in [3.8, 4) is 5.75 Å². The van der Waals surface area contributed by atoms with Gasteiger partial charge in [0.05, 0.1) is 23.8 Å². The number of ketones is 2. The maximum absolute atomic E-state index is 13.9. The van der Waals surface area contributed by atoms with Crippen molar-refractivity contribution in [3.05, 3.63) is 40.7 Å². The van der Waals surface area contributed by atoms with E-state index in [2.05, 4.69) is 5.32 Å². The lowest BCUT2D eigenvalue weighted by molar-refractivity contribution is -0.192. The van der Waals surface area contributed by atoms with Crippen LogP contribution in [-0.2, 0) is 9.59 Å². The van der Waals surface area contributed by atoms with E-state index in [0.29, 0.717) is 18.5 Å². The van der Waals surface area contributed by atoms with Crippen LogP contribution < -0.4 is 11.1 Å². The van der Waals surface area contributed by atoms with Gasteiger partial charge in [0, 0.05) is 17.8 Å². The van der Waals surface area contributed by atoms with Crippen molar-refractivity contribution in [2.24, 2.45) is 23.5 Å². The van der Waals surface area contributed by atoms with E-state index in [9.17, 15) is 34.8 Å². The number of aliphatic hydroxyl groups is 3.